The third kappa shape index (κ3) is 2.10. The van der Waals surface area contributed by atoms with E-state index in [0.29, 0.717) is 11.7 Å². The van der Waals surface area contributed by atoms with E-state index < -0.39 is 0 Å². The standard InChI is InChI=1S/C16H19BrFN/c17-13-1-2-14(18)15(8-13)19-16-11-4-9-3-10(6-11)7-12(16)5-9/h1-2,8-12,16,19H,3-7H2. The number of anilines is 1. The molecule has 4 bridgehead atoms. The van der Waals surface area contributed by atoms with Crippen LogP contribution in [0.4, 0.5) is 10.1 Å². The molecule has 1 aromatic carbocycles. The van der Waals surface area contributed by atoms with Crippen LogP contribution in [0.15, 0.2) is 22.7 Å². The highest BCUT2D eigenvalue weighted by Gasteiger charge is 2.48. The van der Waals surface area contributed by atoms with Crippen LogP contribution in [0.5, 0.6) is 0 Å². The molecule has 4 aliphatic rings. The number of halogens is 2. The van der Waals surface area contributed by atoms with Crippen LogP contribution >= 0.6 is 15.9 Å². The fraction of sp³-hybridized carbons (Fsp3) is 0.625. The summed E-state index contributed by atoms with van der Waals surface area (Å²) in [7, 11) is 0. The van der Waals surface area contributed by atoms with Crippen molar-refractivity contribution in [1.29, 1.82) is 0 Å². The van der Waals surface area contributed by atoms with Gasteiger partial charge in [0.05, 0.1) is 5.69 Å². The van der Waals surface area contributed by atoms with Gasteiger partial charge in [-0.15, -0.1) is 0 Å². The number of hydrogen-bond donors (Lipinski definition) is 1. The average Bonchev–Trinajstić information content (AvgIpc) is 2.37. The Bertz CT molecular complexity index is 474. The van der Waals surface area contributed by atoms with Gasteiger partial charge in [0.2, 0.25) is 0 Å². The Kier molecular flexibility index (Phi) is 2.87. The summed E-state index contributed by atoms with van der Waals surface area (Å²) in [5.41, 5.74) is 0.673. The van der Waals surface area contributed by atoms with Crippen molar-refractivity contribution in [1.82, 2.24) is 0 Å². The Morgan fingerprint density at radius 1 is 1.00 bits per heavy atom. The topological polar surface area (TPSA) is 12.0 Å². The zero-order valence-corrected chi connectivity index (χ0v) is 12.5. The van der Waals surface area contributed by atoms with E-state index in [-0.39, 0.29) is 5.82 Å². The van der Waals surface area contributed by atoms with Gasteiger partial charge in [-0.1, -0.05) is 15.9 Å². The summed E-state index contributed by atoms with van der Waals surface area (Å²) in [6.07, 6.45) is 6.91. The lowest BCUT2D eigenvalue weighted by Crippen LogP contribution is -2.51. The Hall–Kier alpha value is -0.570. The van der Waals surface area contributed by atoms with Crippen molar-refractivity contribution in [2.75, 3.05) is 5.32 Å². The molecule has 102 valence electrons. The normalized spacial score (nSPS) is 39.6. The van der Waals surface area contributed by atoms with E-state index in [4.69, 9.17) is 0 Å². The van der Waals surface area contributed by atoms with Gasteiger partial charge in [-0.2, -0.15) is 0 Å². The van der Waals surface area contributed by atoms with E-state index in [0.717, 1.165) is 28.1 Å². The first-order valence-corrected chi connectivity index (χ1v) is 8.20. The molecule has 0 saturated heterocycles. The highest BCUT2D eigenvalue weighted by Crippen LogP contribution is 2.54. The van der Waals surface area contributed by atoms with Crippen LogP contribution in [0.25, 0.3) is 0 Å². The minimum absolute atomic E-state index is 0.128. The third-order valence-electron chi connectivity index (χ3n) is 5.48. The molecule has 0 heterocycles. The molecule has 4 saturated carbocycles. The first kappa shape index (κ1) is 12.2. The Morgan fingerprint density at radius 3 is 2.26 bits per heavy atom. The van der Waals surface area contributed by atoms with Gasteiger partial charge in [0.25, 0.3) is 0 Å². The van der Waals surface area contributed by atoms with E-state index in [1.54, 1.807) is 12.1 Å². The highest BCUT2D eigenvalue weighted by atomic mass is 79.9. The van der Waals surface area contributed by atoms with Crippen LogP contribution in [-0.4, -0.2) is 6.04 Å². The monoisotopic (exact) mass is 323 g/mol. The van der Waals surface area contributed by atoms with Crippen LogP contribution in [-0.2, 0) is 0 Å². The molecule has 4 fully saturated rings. The fourth-order valence-electron chi connectivity index (χ4n) is 4.95. The summed E-state index contributed by atoms with van der Waals surface area (Å²) in [4.78, 5) is 0. The lowest BCUT2D eigenvalue weighted by atomic mass is 9.54. The Balaban J connectivity index is 1.58. The molecule has 0 aromatic heterocycles. The van der Waals surface area contributed by atoms with E-state index >= 15 is 0 Å². The molecular weight excluding hydrogens is 305 g/mol. The maximum Gasteiger partial charge on any atom is 0.146 e. The van der Waals surface area contributed by atoms with Gasteiger partial charge >= 0.3 is 0 Å². The summed E-state index contributed by atoms with van der Waals surface area (Å²) in [6.45, 7) is 0. The Labute approximate surface area is 122 Å². The summed E-state index contributed by atoms with van der Waals surface area (Å²) < 4.78 is 14.8. The summed E-state index contributed by atoms with van der Waals surface area (Å²) >= 11 is 3.43. The van der Waals surface area contributed by atoms with Gasteiger partial charge in [0.1, 0.15) is 5.82 Å². The second-order valence-corrected chi connectivity index (χ2v) is 7.64. The molecule has 0 amide bonds. The molecular formula is C16H19BrFN. The predicted octanol–water partition coefficient (Wildman–Crippen LogP) is 4.82. The Morgan fingerprint density at radius 2 is 1.63 bits per heavy atom. The van der Waals surface area contributed by atoms with E-state index in [9.17, 15) is 4.39 Å². The van der Waals surface area contributed by atoms with E-state index in [1.807, 2.05) is 6.07 Å². The summed E-state index contributed by atoms with van der Waals surface area (Å²) in [6, 6.07) is 5.68. The third-order valence-corrected chi connectivity index (χ3v) is 5.97. The molecule has 1 N–H and O–H groups in total. The maximum absolute atomic E-state index is 13.9. The molecule has 5 rings (SSSR count). The molecule has 1 nitrogen and oxygen atoms in total. The van der Waals surface area contributed by atoms with E-state index in [1.165, 1.54) is 32.1 Å². The minimum atomic E-state index is -0.128. The van der Waals surface area contributed by atoms with Gasteiger partial charge in [0.15, 0.2) is 0 Å². The van der Waals surface area contributed by atoms with Crippen LogP contribution in [0, 0.1) is 29.5 Å². The van der Waals surface area contributed by atoms with Gasteiger partial charge in [0, 0.05) is 10.5 Å². The molecule has 0 aliphatic heterocycles. The molecule has 4 aliphatic carbocycles. The molecule has 0 radical (unpaired) electrons. The van der Waals surface area contributed by atoms with Crippen molar-refractivity contribution in [3.8, 4) is 0 Å². The zero-order valence-electron chi connectivity index (χ0n) is 10.9. The smallest absolute Gasteiger partial charge is 0.146 e. The molecule has 0 atom stereocenters. The van der Waals surface area contributed by atoms with Crippen molar-refractivity contribution in [3.63, 3.8) is 0 Å². The van der Waals surface area contributed by atoms with Crippen molar-refractivity contribution >= 4 is 21.6 Å². The number of hydrogen-bond acceptors (Lipinski definition) is 1. The quantitative estimate of drug-likeness (QED) is 0.822. The predicted molar refractivity (Wildman–Crippen MR) is 78.6 cm³/mol. The molecule has 19 heavy (non-hydrogen) atoms. The highest BCUT2D eigenvalue weighted by molar-refractivity contribution is 9.10. The largest absolute Gasteiger partial charge is 0.379 e. The van der Waals surface area contributed by atoms with Crippen LogP contribution in [0.3, 0.4) is 0 Å². The van der Waals surface area contributed by atoms with Crippen molar-refractivity contribution in [2.45, 2.75) is 38.1 Å². The lowest BCUT2D eigenvalue weighted by Gasteiger charge is -2.54. The fourth-order valence-corrected chi connectivity index (χ4v) is 5.31. The average molecular weight is 324 g/mol. The second-order valence-electron chi connectivity index (χ2n) is 6.73. The number of rotatable bonds is 2. The minimum Gasteiger partial charge on any atom is -0.379 e. The van der Waals surface area contributed by atoms with Gasteiger partial charge < -0.3 is 5.32 Å². The summed E-state index contributed by atoms with van der Waals surface area (Å²) in [5, 5.41) is 3.53. The van der Waals surface area contributed by atoms with Crippen molar-refractivity contribution < 1.29 is 4.39 Å². The van der Waals surface area contributed by atoms with Crippen LogP contribution in [0.1, 0.15) is 32.1 Å². The first-order chi connectivity index (χ1) is 9.19. The maximum atomic E-state index is 13.9. The zero-order chi connectivity index (χ0) is 13.0. The van der Waals surface area contributed by atoms with Crippen LogP contribution in [0.2, 0.25) is 0 Å². The first-order valence-electron chi connectivity index (χ1n) is 7.40. The number of nitrogens with one attached hydrogen (secondary N) is 1. The SMILES string of the molecule is Fc1ccc(Br)cc1NC1C2CC3CC(C2)CC1C3. The second kappa shape index (κ2) is 4.47. The van der Waals surface area contributed by atoms with Crippen molar-refractivity contribution in [2.24, 2.45) is 23.7 Å². The van der Waals surface area contributed by atoms with Crippen LogP contribution < -0.4 is 5.32 Å². The van der Waals surface area contributed by atoms with Gasteiger partial charge in [-0.25, -0.2) is 4.39 Å². The summed E-state index contributed by atoms with van der Waals surface area (Å²) in [5.74, 6) is 3.35. The number of benzene rings is 1. The van der Waals surface area contributed by atoms with Gasteiger partial charge in [-0.05, 0) is 74.0 Å². The van der Waals surface area contributed by atoms with Gasteiger partial charge in [-0.3, -0.25) is 0 Å². The molecule has 0 unspecified atom stereocenters. The molecule has 1 aromatic rings. The lowest BCUT2D eigenvalue weighted by molar-refractivity contribution is 0.00744. The molecule has 3 heteroatoms. The van der Waals surface area contributed by atoms with Crippen molar-refractivity contribution in [3.05, 3.63) is 28.5 Å². The van der Waals surface area contributed by atoms with E-state index in [2.05, 4.69) is 21.2 Å². The molecule has 0 spiro atoms.